The van der Waals surface area contributed by atoms with Crippen LogP contribution in [-0.2, 0) is 0 Å². The minimum absolute atomic E-state index is 0.574. The molecule has 0 aromatic heterocycles. The molecular weight excluding hydrogens is 296 g/mol. The van der Waals surface area contributed by atoms with E-state index in [0.717, 1.165) is 31.1 Å². The molecule has 22 heavy (non-hydrogen) atoms. The van der Waals surface area contributed by atoms with Gasteiger partial charge in [-0.15, -0.1) is 0 Å². The van der Waals surface area contributed by atoms with Crippen molar-refractivity contribution in [3.05, 3.63) is 28.8 Å². The zero-order valence-electron chi connectivity index (χ0n) is 13.4. The molecule has 4 nitrogen and oxygen atoms in total. The fourth-order valence-corrected chi connectivity index (χ4v) is 3.27. The lowest BCUT2D eigenvalue weighted by atomic mass is 10.1. The van der Waals surface area contributed by atoms with Gasteiger partial charge in [-0.25, -0.2) is 0 Å². The van der Waals surface area contributed by atoms with Gasteiger partial charge in [0.15, 0.2) is 5.96 Å². The first kappa shape index (κ1) is 15.5. The lowest BCUT2D eigenvalue weighted by Gasteiger charge is -2.21. The molecule has 5 heteroatoms. The lowest BCUT2D eigenvalue weighted by Crippen LogP contribution is -2.36. The maximum atomic E-state index is 6.13. The molecule has 2 aliphatic rings. The van der Waals surface area contributed by atoms with Crippen LogP contribution in [0.3, 0.4) is 0 Å². The van der Waals surface area contributed by atoms with Crippen molar-refractivity contribution in [3.8, 4) is 0 Å². The van der Waals surface area contributed by atoms with E-state index in [1.165, 1.54) is 24.1 Å². The molecule has 2 fully saturated rings. The highest BCUT2D eigenvalue weighted by molar-refractivity contribution is 6.30. The van der Waals surface area contributed by atoms with Crippen LogP contribution >= 0.6 is 11.6 Å². The van der Waals surface area contributed by atoms with Gasteiger partial charge < -0.3 is 15.5 Å². The number of nitrogens with two attached hydrogens (primary N) is 1. The van der Waals surface area contributed by atoms with Gasteiger partial charge in [0.1, 0.15) is 0 Å². The molecule has 1 heterocycles. The van der Waals surface area contributed by atoms with Gasteiger partial charge in [0.05, 0.1) is 0 Å². The van der Waals surface area contributed by atoms with Gasteiger partial charge in [-0.05, 0) is 49.8 Å². The molecule has 0 bridgehead atoms. The van der Waals surface area contributed by atoms with Crippen LogP contribution in [0.5, 0.6) is 0 Å². The van der Waals surface area contributed by atoms with Crippen molar-refractivity contribution >= 4 is 23.2 Å². The van der Waals surface area contributed by atoms with Crippen molar-refractivity contribution in [1.82, 2.24) is 4.90 Å². The number of hydrogen-bond donors (Lipinski definition) is 1. The maximum absolute atomic E-state index is 6.13. The van der Waals surface area contributed by atoms with E-state index >= 15 is 0 Å². The highest BCUT2D eigenvalue weighted by Crippen LogP contribution is 2.29. The summed E-state index contributed by atoms with van der Waals surface area (Å²) < 4.78 is 0. The van der Waals surface area contributed by atoms with Gasteiger partial charge in [0.25, 0.3) is 0 Å². The Kier molecular flexibility index (Phi) is 4.48. The van der Waals surface area contributed by atoms with Crippen molar-refractivity contribution in [2.45, 2.75) is 32.2 Å². The Balaban J connectivity index is 1.58. The molecule has 1 unspecified atom stereocenters. The summed E-state index contributed by atoms with van der Waals surface area (Å²) in [5, 5.41) is 0.803. The maximum Gasteiger partial charge on any atom is 0.191 e. The third kappa shape index (κ3) is 3.49. The first-order valence-electron chi connectivity index (χ1n) is 8.08. The second-order valence-electron chi connectivity index (χ2n) is 6.57. The molecule has 1 saturated carbocycles. The molecule has 0 radical (unpaired) electrons. The van der Waals surface area contributed by atoms with E-state index in [1.54, 1.807) is 0 Å². The summed E-state index contributed by atoms with van der Waals surface area (Å²) >= 11 is 6.13. The average Bonchev–Trinajstić information content (AvgIpc) is 3.25. The number of guanidine groups is 1. The number of rotatable bonds is 4. The van der Waals surface area contributed by atoms with Crippen LogP contribution in [0.25, 0.3) is 0 Å². The first-order valence-corrected chi connectivity index (χ1v) is 8.46. The summed E-state index contributed by atoms with van der Waals surface area (Å²) in [7, 11) is 2.05. The van der Waals surface area contributed by atoms with Crippen molar-refractivity contribution in [3.63, 3.8) is 0 Å². The van der Waals surface area contributed by atoms with Crippen LogP contribution in [-0.4, -0.2) is 43.6 Å². The summed E-state index contributed by atoms with van der Waals surface area (Å²) in [5.74, 6) is 1.27. The number of aryl methyl sites for hydroxylation is 1. The van der Waals surface area contributed by atoms with E-state index < -0.39 is 0 Å². The molecule has 1 aromatic rings. The fourth-order valence-electron chi connectivity index (χ4n) is 3.11. The minimum Gasteiger partial charge on any atom is -0.371 e. The Morgan fingerprint density at radius 2 is 2.18 bits per heavy atom. The molecule has 0 amide bonds. The highest BCUT2D eigenvalue weighted by Gasteiger charge is 2.28. The normalized spacial score (nSPS) is 22.2. The van der Waals surface area contributed by atoms with Crippen molar-refractivity contribution in [2.75, 3.05) is 31.6 Å². The smallest absolute Gasteiger partial charge is 0.191 e. The summed E-state index contributed by atoms with van der Waals surface area (Å²) in [6, 6.07) is 6.73. The van der Waals surface area contributed by atoms with E-state index in [9.17, 15) is 0 Å². The van der Waals surface area contributed by atoms with Crippen LogP contribution in [0.2, 0.25) is 5.02 Å². The summed E-state index contributed by atoms with van der Waals surface area (Å²) in [4.78, 5) is 9.14. The third-order valence-electron chi connectivity index (χ3n) is 4.77. The molecule has 2 N–H and O–H groups in total. The number of benzene rings is 1. The predicted molar refractivity (Wildman–Crippen MR) is 93.8 cm³/mol. The molecule has 1 aliphatic heterocycles. The van der Waals surface area contributed by atoms with Crippen LogP contribution in [0.4, 0.5) is 5.69 Å². The number of halogens is 1. The first-order chi connectivity index (χ1) is 10.5. The monoisotopic (exact) mass is 320 g/mol. The summed E-state index contributed by atoms with van der Waals surface area (Å²) in [5.41, 5.74) is 8.60. The molecular formula is C17H25ClN4. The van der Waals surface area contributed by atoms with Crippen molar-refractivity contribution in [1.29, 1.82) is 0 Å². The lowest BCUT2D eigenvalue weighted by molar-refractivity contribution is 0.482. The Morgan fingerprint density at radius 1 is 1.41 bits per heavy atom. The molecule has 1 aliphatic carbocycles. The second kappa shape index (κ2) is 6.37. The van der Waals surface area contributed by atoms with E-state index in [2.05, 4.69) is 33.8 Å². The van der Waals surface area contributed by atoms with E-state index in [4.69, 9.17) is 17.3 Å². The second-order valence-corrected chi connectivity index (χ2v) is 7.01. The number of hydrogen-bond acceptors (Lipinski definition) is 2. The Hall–Kier alpha value is -1.42. The number of anilines is 1. The molecule has 120 valence electrons. The predicted octanol–water partition coefficient (Wildman–Crippen LogP) is 2.88. The van der Waals surface area contributed by atoms with Gasteiger partial charge in [-0.1, -0.05) is 17.7 Å². The summed E-state index contributed by atoms with van der Waals surface area (Å²) in [6.07, 6.45) is 3.66. The molecule has 0 spiro atoms. The van der Waals surface area contributed by atoms with Gasteiger partial charge in [0, 0.05) is 43.4 Å². The zero-order valence-corrected chi connectivity index (χ0v) is 14.2. The van der Waals surface area contributed by atoms with E-state index in [1.807, 2.05) is 13.1 Å². The quantitative estimate of drug-likeness (QED) is 0.685. The number of nitrogens with zero attached hydrogens (tertiary/aromatic N) is 3. The van der Waals surface area contributed by atoms with Gasteiger partial charge in [-0.2, -0.15) is 0 Å². The molecule has 1 aromatic carbocycles. The van der Waals surface area contributed by atoms with Crippen molar-refractivity contribution < 1.29 is 0 Å². The van der Waals surface area contributed by atoms with Crippen LogP contribution < -0.4 is 10.6 Å². The van der Waals surface area contributed by atoms with Gasteiger partial charge in [-0.3, -0.25) is 4.99 Å². The fraction of sp³-hybridized carbons (Fsp3) is 0.588. The van der Waals surface area contributed by atoms with E-state index in [-0.39, 0.29) is 0 Å². The van der Waals surface area contributed by atoms with Crippen LogP contribution in [0.15, 0.2) is 23.2 Å². The Morgan fingerprint density at radius 3 is 2.91 bits per heavy atom. The van der Waals surface area contributed by atoms with Gasteiger partial charge >= 0.3 is 0 Å². The van der Waals surface area contributed by atoms with Crippen molar-refractivity contribution in [2.24, 2.45) is 16.6 Å². The third-order valence-corrected chi connectivity index (χ3v) is 5.00. The van der Waals surface area contributed by atoms with Gasteiger partial charge in [0.2, 0.25) is 0 Å². The highest BCUT2D eigenvalue weighted by atomic mass is 35.5. The zero-order chi connectivity index (χ0) is 15.7. The van der Waals surface area contributed by atoms with E-state index in [0.29, 0.717) is 17.9 Å². The Labute approximate surface area is 137 Å². The average molecular weight is 321 g/mol. The largest absolute Gasteiger partial charge is 0.371 e. The number of aliphatic imine (C=N–C) groups is 1. The Bertz CT molecular complexity index is 568. The SMILES string of the molecule is Cc1ccc(Cl)cc1N1CCC(CN=C(N)N(C)C2CC2)C1. The molecule has 1 saturated heterocycles. The van der Waals surface area contributed by atoms with Crippen LogP contribution in [0, 0.1) is 12.8 Å². The summed E-state index contributed by atoms with van der Waals surface area (Å²) in [6.45, 7) is 5.06. The minimum atomic E-state index is 0.574. The molecule has 1 atom stereocenters. The standard InChI is InChI=1S/C17H25ClN4/c1-12-3-4-14(18)9-16(12)22-8-7-13(11-22)10-20-17(19)21(2)15-5-6-15/h3-4,9,13,15H,5-8,10-11H2,1-2H3,(H2,19,20). The van der Waals surface area contributed by atoms with Crippen LogP contribution in [0.1, 0.15) is 24.8 Å². The molecule has 3 rings (SSSR count). The topological polar surface area (TPSA) is 44.9 Å².